The second-order valence-electron chi connectivity index (χ2n) is 7.30. The molecule has 3 aromatic rings. The summed E-state index contributed by atoms with van der Waals surface area (Å²) in [5.74, 6) is 0.554. The number of benzene rings is 3. The molecule has 0 radical (unpaired) electrons. The van der Waals surface area contributed by atoms with Crippen molar-refractivity contribution in [3.8, 4) is 5.75 Å². The number of ether oxygens (including phenoxy) is 1. The highest BCUT2D eigenvalue weighted by Crippen LogP contribution is 2.29. The van der Waals surface area contributed by atoms with Crippen LogP contribution < -0.4 is 14.5 Å². The Kier molecular flexibility index (Phi) is 5.54. The van der Waals surface area contributed by atoms with Gasteiger partial charge in [0.1, 0.15) is 23.1 Å². The summed E-state index contributed by atoms with van der Waals surface area (Å²) in [6.07, 6.45) is 1.76. The molecular weight excluding hydrogens is 393 g/mol. The van der Waals surface area contributed by atoms with Crippen LogP contribution in [0.1, 0.15) is 11.1 Å². The van der Waals surface area contributed by atoms with Gasteiger partial charge in [0.15, 0.2) is 0 Å². The molecule has 1 heterocycles. The van der Waals surface area contributed by atoms with Crippen molar-refractivity contribution < 1.29 is 13.9 Å². The monoisotopic (exact) mass is 415 g/mol. The summed E-state index contributed by atoms with van der Waals surface area (Å²) in [4.78, 5) is 21.4. The Balaban J connectivity index is 1.76. The Morgan fingerprint density at radius 1 is 0.935 bits per heavy atom. The first kappa shape index (κ1) is 20.3. The Labute approximate surface area is 180 Å². The lowest BCUT2D eigenvalue weighted by molar-refractivity contribution is -0.113. The maximum absolute atomic E-state index is 13.5. The highest BCUT2D eigenvalue weighted by atomic mass is 19.1. The van der Waals surface area contributed by atoms with Crippen LogP contribution in [0.15, 0.2) is 83.5 Å². The molecule has 4 rings (SSSR count). The fraction of sp³-hybridized carbons (Fsp3) is 0.120. The third-order valence-corrected chi connectivity index (χ3v) is 5.01. The highest BCUT2D eigenvalue weighted by molar-refractivity contribution is 6.33. The largest absolute Gasteiger partial charge is 0.497 e. The van der Waals surface area contributed by atoms with Crippen LogP contribution in [0.5, 0.6) is 5.75 Å². The molecule has 31 heavy (non-hydrogen) atoms. The summed E-state index contributed by atoms with van der Waals surface area (Å²) < 4.78 is 18.7. The first-order valence-corrected chi connectivity index (χ1v) is 9.78. The molecular formula is C25H22FN3O2. The van der Waals surface area contributed by atoms with Crippen molar-refractivity contribution in [2.24, 2.45) is 4.99 Å². The minimum absolute atomic E-state index is 0.269. The number of hydrogen-bond acceptors (Lipinski definition) is 4. The lowest BCUT2D eigenvalue weighted by Gasteiger charge is -2.18. The van der Waals surface area contributed by atoms with E-state index in [4.69, 9.17) is 4.74 Å². The molecule has 3 aromatic carbocycles. The van der Waals surface area contributed by atoms with Crippen molar-refractivity contribution in [1.29, 1.82) is 0 Å². The number of rotatable bonds is 5. The van der Waals surface area contributed by atoms with Gasteiger partial charge in [0.25, 0.3) is 5.91 Å². The molecule has 0 spiro atoms. The number of anilines is 2. The quantitative estimate of drug-likeness (QED) is 0.566. The fourth-order valence-corrected chi connectivity index (χ4v) is 3.31. The first-order valence-electron chi connectivity index (χ1n) is 9.78. The van der Waals surface area contributed by atoms with Crippen LogP contribution in [0.25, 0.3) is 6.08 Å². The van der Waals surface area contributed by atoms with Crippen molar-refractivity contribution >= 4 is 29.2 Å². The Bertz CT molecular complexity index is 1150. The number of halogens is 1. The zero-order chi connectivity index (χ0) is 22.0. The van der Waals surface area contributed by atoms with Gasteiger partial charge in [-0.15, -0.1) is 0 Å². The van der Waals surface area contributed by atoms with Gasteiger partial charge in [0.2, 0.25) is 0 Å². The first-order chi connectivity index (χ1) is 15.0. The number of methoxy groups -OCH3 is 1. The second-order valence-corrected chi connectivity index (χ2v) is 7.30. The van der Waals surface area contributed by atoms with Crippen LogP contribution in [-0.2, 0) is 4.79 Å². The number of aliphatic imine (C=N–C) groups is 1. The topological polar surface area (TPSA) is 45.1 Å². The summed E-state index contributed by atoms with van der Waals surface area (Å²) in [6, 6.07) is 21.0. The molecule has 0 atom stereocenters. The van der Waals surface area contributed by atoms with E-state index in [2.05, 4.69) is 4.99 Å². The van der Waals surface area contributed by atoms with Crippen LogP contribution >= 0.6 is 0 Å². The molecule has 6 heteroatoms. The molecule has 0 aliphatic carbocycles. The van der Waals surface area contributed by atoms with Gasteiger partial charge in [-0.2, -0.15) is 0 Å². The van der Waals surface area contributed by atoms with Gasteiger partial charge < -0.3 is 9.64 Å². The lowest BCUT2D eigenvalue weighted by atomic mass is 10.1. The number of amides is 1. The fourth-order valence-electron chi connectivity index (χ4n) is 3.31. The van der Waals surface area contributed by atoms with Gasteiger partial charge in [-0.05, 0) is 72.3 Å². The molecule has 0 saturated heterocycles. The highest BCUT2D eigenvalue weighted by Gasteiger charge is 2.32. The minimum atomic E-state index is -0.366. The number of amidine groups is 1. The molecule has 0 unspecified atom stereocenters. The average Bonchev–Trinajstić information content (AvgIpc) is 3.10. The van der Waals surface area contributed by atoms with E-state index in [-0.39, 0.29) is 11.7 Å². The Morgan fingerprint density at radius 2 is 1.58 bits per heavy atom. The molecule has 1 aliphatic rings. The van der Waals surface area contributed by atoms with E-state index < -0.39 is 0 Å². The van der Waals surface area contributed by atoms with Gasteiger partial charge in [0, 0.05) is 25.3 Å². The van der Waals surface area contributed by atoms with E-state index in [1.54, 1.807) is 25.3 Å². The number of carbonyl (C=O) groups is 1. The molecule has 1 aliphatic heterocycles. The van der Waals surface area contributed by atoms with Crippen LogP contribution in [0.3, 0.4) is 0 Å². The molecule has 5 nitrogen and oxygen atoms in total. The summed E-state index contributed by atoms with van der Waals surface area (Å²) in [7, 11) is 5.54. The van der Waals surface area contributed by atoms with E-state index in [9.17, 15) is 9.18 Å². The Hall–Kier alpha value is -3.93. The minimum Gasteiger partial charge on any atom is -0.497 e. The number of hydrogen-bond donors (Lipinski definition) is 0. The molecule has 0 bridgehead atoms. The van der Waals surface area contributed by atoms with Crippen molar-refractivity contribution in [1.82, 2.24) is 0 Å². The summed E-state index contributed by atoms with van der Waals surface area (Å²) in [6.45, 7) is 0. The molecule has 1 amide bonds. The zero-order valence-corrected chi connectivity index (χ0v) is 17.5. The molecule has 0 aromatic heterocycles. The van der Waals surface area contributed by atoms with Crippen molar-refractivity contribution in [3.63, 3.8) is 0 Å². The standard InChI is InChI=1S/C25H22FN3O2/c1-28(2)20-10-4-17(5-11-20)16-23-25(30)29(21-12-8-19(26)9-13-21)24(27-23)18-6-14-22(31-3)15-7-18/h4-16H,1-3H3/b23-16+. The maximum Gasteiger partial charge on any atom is 0.282 e. The number of carbonyl (C=O) groups excluding carboxylic acids is 1. The van der Waals surface area contributed by atoms with Gasteiger partial charge in [-0.3, -0.25) is 9.69 Å². The smallest absolute Gasteiger partial charge is 0.282 e. The van der Waals surface area contributed by atoms with Crippen LogP contribution in [0, 0.1) is 5.82 Å². The summed E-state index contributed by atoms with van der Waals surface area (Å²) >= 11 is 0. The predicted molar refractivity (Wildman–Crippen MR) is 122 cm³/mol. The third-order valence-electron chi connectivity index (χ3n) is 5.01. The van der Waals surface area contributed by atoms with Crippen LogP contribution in [0.4, 0.5) is 15.8 Å². The van der Waals surface area contributed by atoms with Crippen molar-refractivity contribution in [2.75, 3.05) is 31.0 Å². The SMILES string of the molecule is COc1ccc(C2=N/C(=C/c3ccc(N(C)C)cc3)C(=O)N2c2ccc(F)cc2)cc1. The number of nitrogens with zero attached hydrogens (tertiary/aromatic N) is 3. The van der Waals surface area contributed by atoms with Crippen molar-refractivity contribution in [2.45, 2.75) is 0 Å². The summed E-state index contributed by atoms with van der Waals surface area (Å²) in [5, 5.41) is 0. The molecule has 156 valence electrons. The summed E-state index contributed by atoms with van der Waals surface area (Å²) in [5.41, 5.74) is 3.55. The van der Waals surface area contributed by atoms with E-state index in [1.807, 2.05) is 67.5 Å². The van der Waals surface area contributed by atoms with Crippen LogP contribution in [-0.4, -0.2) is 32.9 Å². The maximum atomic E-state index is 13.5. The normalized spacial score (nSPS) is 14.7. The molecule has 0 saturated carbocycles. The third kappa shape index (κ3) is 4.19. The van der Waals surface area contributed by atoms with Crippen molar-refractivity contribution in [3.05, 3.63) is 95.4 Å². The van der Waals surface area contributed by atoms with E-state index in [0.29, 0.717) is 23.0 Å². The predicted octanol–water partition coefficient (Wildman–Crippen LogP) is 4.73. The van der Waals surface area contributed by atoms with Gasteiger partial charge in [-0.25, -0.2) is 9.38 Å². The van der Waals surface area contributed by atoms with E-state index >= 15 is 0 Å². The zero-order valence-electron chi connectivity index (χ0n) is 17.5. The van der Waals surface area contributed by atoms with E-state index in [0.717, 1.165) is 16.8 Å². The lowest BCUT2D eigenvalue weighted by Crippen LogP contribution is -2.32. The molecule has 0 N–H and O–H groups in total. The van der Waals surface area contributed by atoms with Gasteiger partial charge >= 0.3 is 0 Å². The van der Waals surface area contributed by atoms with E-state index in [1.165, 1.54) is 17.0 Å². The van der Waals surface area contributed by atoms with Crippen LogP contribution in [0.2, 0.25) is 0 Å². The van der Waals surface area contributed by atoms with Gasteiger partial charge in [0.05, 0.1) is 12.8 Å². The second kappa shape index (κ2) is 8.44. The molecule has 0 fully saturated rings. The average molecular weight is 415 g/mol. The van der Waals surface area contributed by atoms with Gasteiger partial charge in [-0.1, -0.05) is 12.1 Å². The Morgan fingerprint density at radius 3 is 2.16 bits per heavy atom.